The van der Waals surface area contributed by atoms with Gasteiger partial charge in [-0.25, -0.2) is 4.79 Å². The van der Waals surface area contributed by atoms with Crippen LogP contribution in [0.15, 0.2) is 46.9 Å². The van der Waals surface area contributed by atoms with E-state index >= 15 is 0 Å². The van der Waals surface area contributed by atoms with Gasteiger partial charge in [0.1, 0.15) is 0 Å². The Balaban J connectivity index is 2.02. The van der Waals surface area contributed by atoms with Gasteiger partial charge in [-0.15, -0.1) is 0 Å². The predicted octanol–water partition coefficient (Wildman–Crippen LogP) is 4.31. The first-order chi connectivity index (χ1) is 9.97. The molecule has 2 aromatic rings. The van der Waals surface area contributed by atoms with Crippen molar-refractivity contribution in [3.63, 3.8) is 0 Å². The van der Waals surface area contributed by atoms with E-state index in [2.05, 4.69) is 59.4 Å². The van der Waals surface area contributed by atoms with Gasteiger partial charge in [0, 0.05) is 17.1 Å². The van der Waals surface area contributed by atoms with Crippen LogP contribution in [0.5, 0.6) is 0 Å². The van der Waals surface area contributed by atoms with Crippen LogP contribution >= 0.6 is 15.9 Å². The Morgan fingerprint density at radius 1 is 1.24 bits per heavy atom. The monoisotopic (exact) mass is 347 g/mol. The number of carboxylic acid groups (broad SMARTS) is 1. The molecule has 3 nitrogen and oxygen atoms in total. The average molecular weight is 348 g/mol. The lowest BCUT2D eigenvalue weighted by molar-refractivity contribution is 0.0697. The summed E-state index contributed by atoms with van der Waals surface area (Å²) < 4.78 is 0.811. The van der Waals surface area contributed by atoms with Gasteiger partial charge in [0.2, 0.25) is 0 Å². The molecular weight excluding hydrogens is 330 g/mol. The lowest BCUT2D eigenvalue weighted by Gasteiger charge is -2.15. The van der Waals surface area contributed by atoms with Crippen molar-refractivity contribution in [2.24, 2.45) is 0 Å². The molecule has 4 heteroatoms. The molecule has 2 N–H and O–H groups in total. The molecule has 110 valence electrons. The number of benzene rings is 2. The third-order valence-corrected chi connectivity index (χ3v) is 4.21. The van der Waals surface area contributed by atoms with Gasteiger partial charge in [-0.1, -0.05) is 51.8 Å². The number of aromatic carboxylic acids is 1. The Morgan fingerprint density at radius 3 is 2.48 bits per heavy atom. The van der Waals surface area contributed by atoms with Crippen LogP contribution in [0, 0.1) is 6.92 Å². The number of hydrogen-bond acceptors (Lipinski definition) is 2. The van der Waals surface area contributed by atoms with Crippen molar-refractivity contribution >= 4 is 21.9 Å². The summed E-state index contributed by atoms with van der Waals surface area (Å²) in [4.78, 5) is 10.9. The van der Waals surface area contributed by atoms with Crippen LogP contribution in [-0.4, -0.2) is 11.1 Å². The van der Waals surface area contributed by atoms with E-state index in [9.17, 15) is 4.79 Å². The molecule has 0 saturated carbocycles. The van der Waals surface area contributed by atoms with Crippen LogP contribution in [0.3, 0.4) is 0 Å². The van der Waals surface area contributed by atoms with Crippen molar-refractivity contribution in [2.75, 3.05) is 0 Å². The smallest absolute Gasteiger partial charge is 0.335 e. The molecule has 0 radical (unpaired) electrons. The highest BCUT2D eigenvalue weighted by atomic mass is 79.9. The molecule has 0 fully saturated rings. The fraction of sp³-hybridized carbons (Fsp3) is 0.235. The number of carboxylic acids is 1. The molecule has 21 heavy (non-hydrogen) atoms. The van der Waals surface area contributed by atoms with Crippen LogP contribution < -0.4 is 5.32 Å². The van der Waals surface area contributed by atoms with E-state index in [1.165, 1.54) is 11.1 Å². The van der Waals surface area contributed by atoms with Crippen LogP contribution in [0.25, 0.3) is 0 Å². The minimum absolute atomic E-state index is 0.233. The number of carbonyl (C=O) groups is 1. The largest absolute Gasteiger partial charge is 0.478 e. The Kier molecular flexibility index (Phi) is 5.15. The Hall–Kier alpha value is -1.65. The van der Waals surface area contributed by atoms with Crippen molar-refractivity contribution in [3.8, 4) is 0 Å². The first kappa shape index (κ1) is 15.7. The summed E-state index contributed by atoms with van der Waals surface area (Å²) in [5.41, 5.74) is 3.81. The van der Waals surface area contributed by atoms with Crippen molar-refractivity contribution in [1.29, 1.82) is 0 Å². The predicted molar refractivity (Wildman–Crippen MR) is 87.5 cm³/mol. The maximum absolute atomic E-state index is 10.9. The van der Waals surface area contributed by atoms with E-state index in [1.54, 1.807) is 12.1 Å². The first-order valence-corrected chi connectivity index (χ1v) is 7.58. The van der Waals surface area contributed by atoms with E-state index in [-0.39, 0.29) is 11.6 Å². The molecule has 2 aromatic carbocycles. The zero-order chi connectivity index (χ0) is 15.4. The minimum Gasteiger partial charge on any atom is -0.478 e. The Bertz CT molecular complexity index is 638. The number of rotatable bonds is 5. The number of nitrogens with one attached hydrogen (secondary N) is 1. The summed E-state index contributed by atoms with van der Waals surface area (Å²) in [7, 11) is 0. The zero-order valence-corrected chi connectivity index (χ0v) is 13.6. The molecule has 0 aromatic heterocycles. The lowest BCUT2D eigenvalue weighted by atomic mass is 10.1. The van der Waals surface area contributed by atoms with Crippen molar-refractivity contribution < 1.29 is 9.90 Å². The van der Waals surface area contributed by atoms with Gasteiger partial charge < -0.3 is 10.4 Å². The molecule has 0 spiro atoms. The van der Waals surface area contributed by atoms with Gasteiger partial charge in [0.05, 0.1) is 5.56 Å². The third kappa shape index (κ3) is 4.16. The summed E-state index contributed by atoms with van der Waals surface area (Å²) in [5, 5.41) is 12.4. The SMILES string of the molecule is Cc1ccc(C(C)NCc2ccc(C(=O)O)cc2Br)cc1. The van der Waals surface area contributed by atoms with Gasteiger partial charge in [0.25, 0.3) is 0 Å². The van der Waals surface area contributed by atoms with Crippen LogP contribution in [0.1, 0.15) is 40.0 Å². The molecular formula is C17H18BrNO2. The van der Waals surface area contributed by atoms with Gasteiger partial charge in [-0.05, 0) is 37.1 Å². The first-order valence-electron chi connectivity index (χ1n) is 6.79. The second kappa shape index (κ2) is 6.87. The number of hydrogen-bond donors (Lipinski definition) is 2. The topological polar surface area (TPSA) is 49.3 Å². The maximum Gasteiger partial charge on any atom is 0.335 e. The summed E-state index contributed by atoms with van der Waals surface area (Å²) in [6.07, 6.45) is 0. The second-order valence-electron chi connectivity index (χ2n) is 5.12. The van der Waals surface area contributed by atoms with Crippen molar-refractivity contribution in [2.45, 2.75) is 26.4 Å². The van der Waals surface area contributed by atoms with Gasteiger partial charge in [0.15, 0.2) is 0 Å². The Morgan fingerprint density at radius 2 is 1.90 bits per heavy atom. The second-order valence-corrected chi connectivity index (χ2v) is 5.98. The van der Waals surface area contributed by atoms with E-state index < -0.39 is 5.97 Å². The molecule has 1 unspecified atom stereocenters. The highest BCUT2D eigenvalue weighted by molar-refractivity contribution is 9.10. The minimum atomic E-state index is -0.914. The molecule has 0 heterocycles. The summed E-state index contributed by atoms with van der Waals surface area (Å²) in [5.74, 6) is -0.914. The quantitative estimate of drug-likeness (QED) is 0.847. The standard InChI is InChI=1S/C17H18BrNO2/c1-11-3-5-13(6-4-11)12(2)19-10-15-8-7-14(17(20)21)9-16(15)18/h3-9,12,19H,10H2,1-2H3,(H,20,21). The van der Waals surface area contributed by atoms with Gasteiger partial charge >= 0.3 is 5.97 Å². The third-order valence-electron chi connectivity index (χ3n) is 3.48. The fourth-order valence-corrected chi connectivity index (χ4v) is 2.58. The molecule has 0 bridgehead atoms. The summed E-state index contributed by atoms with van der Waals surface area (Å²) >= 11 is 3.43. The van der Waals surface area contributed by atoms with E-state index in [0.29, 0.717) is 6.54 Å². The van der Waals surface area contributed by atoms with Crippen molar-refractivity contribution in [1.82, 2.24) is 5.32 Å². The summed E-state index contributed by atoms with van der Waals surface area (Å²) in [6, 6.07) is 13.8. The molecule has 0 aliphatic carbocycles. The van der Waals surface area contributed by atoms with Crippen molar-refractivity contribution in [3.05, 3.63) is 69.2 Å². The van der Waals surface area contributed by atoms with Gasteiger partial charge in [-0.2, -0.15) is 0 Å². The molecule has 1 atom stereocenters. The zero-order valence-electron chi connectivity index (χ0n) is 12.1. The van der Waals surface area contributed by atoms with Crippen LogP contribution in [0.2, 0.25) is 0 Å². The molecule has 0 aliphatic rings. The summed E-state index contributed by atoms with van der Waals surface area (Å²) in [6.45, 7) is 4.86. The van der Waals surface area contributed by atoms with E-state index in [1.807, 2.05) is 6.07 Å². The highest BCUT2D eigenvalue weighted by Gasteiger charge is 2.09. The molecule has 0 saturated heterocycles. The fourth-order valence-electron chi connectivity index (χ4n) is 2.06. The maximum atomic E-state index is 10.9. The average Bonchev–Trinajstić information content (AvgIpc) is 2.46. The highest BCUT2D eigenvalue weighted by Crippen LogP contribution is 2.20. The van der Waals surface area contributed by atoms with Crippen LogP contribution in [0.4, 0.5) is 0 Å². The number of aryl methyl sites for hydroxylation is 1. The lowest BCUT2D eigenvalue weighted by Crippen LogP contribution is -2.18. The molecule has 0 amide bonds. The van der Waals surface area contributed by atoms with Crippen LogP contribution in [-0.2, 0) is 6.54 Å². The van der Waals surface area contributed by atoms with Gasteiger partial charge in [-0.3, -0.25) is 0 Å². The molecule has 0 aliphatic heterocycles. The molecule has 2 rings (SSSR count). The normalized spacial score (nSPS) is 12.1. The number of halogens is 1. The van der Waals surface area contributed by atoms with E-state index in [0.717, 1.165) is 10.0 Å². The Labute approximate surface area is 133 Å². The van der Waals surface area contributed by atoms with E-state index in [4.69, 9.17) is 5.11 Å².